The summed E-state index contributed by atoms with van der Waals surface area (Å²) in [6.45, 7) is 1.91. The standard InChI is InChI=1S/C13H18N2O4/c1-8-4-5-9(6-10(8)13(17)19-3)15-12(16)11(14)7-18-2/h4-6,11H,7,14H2,1-3H3,(H,15,16). The van der Waals surface area contributed by atoms with Crippen LogP contribution in [0.25, 0.3) is 0 Å². The van der Waals surface area contributed by atoms with Crippen LogP contribution in [0.4, 0.5) is 5.69 Å². The zero-order chi connectivity index (χ0) is 14.4. The zero-order valence-electron chi connectivity index (χ0n) is 11.2. The molecule has 6 heteroatoms. The molecule has 1 amide bonds. The van der Waals surface area contributed by atoms with Gasteiger partial charge >= 0.3 is 5.97 Å². The third kappa shape index (κ3) is 4.04. The molecule has 0 radical (unpaired) electrons. The Hall–Kier alpha value is -1.92. The van der Waals surface area contributed by atoms with Crippen LogP contribution in [0.15, 0.2) is 18.2 Å². The lowest BCUT2D eigenvalue weighted by Gasteiger charge is -2.12. The monoisotopic (exact) mass is 266 g/mol. The first kappa shape index (κ1) is 15.1. The van der Waals surface area contributed by atoms with E-state index in [0.717, 1.165) is 5.56 Å². The minimum absolute atomic E-state index is 0.127. The Labute approximate surface area is 111 Å². The van der Waals surface area contributed by atoms with Gasteiger partial charge in [0.1, 0.15) is 6.04 Å². The van der Waals surface area contributed by atoms with Gasteiger partial charge < -0.3 is 20.5 Å². The SMILES string of the molecule is COCC(N)C(=O)Nc1ccc(C)c(C(=O)OC)c1. The summed E-state index contributed by atoms with van der Waals surface area (Å²) in [7, 11) is 2.77. The maximum absolute atomic E-state index is 11.7. The summed E-state index contributed by atoms with van der Waals surface area (Å²) < 4.78 is 9.47. The highest BCUT2D eigenvalue weighted by molar-refractivity contribution is 5.97. The van der Waals surface area contributed by atoms with Crippen LogP contribution in [0.3, 0.4) is 0 Å². The van der Waals surface area contributed by atoms with Crippen molar-refractivity contribution >= 4 is 17.6 Å². The number of benzene rings is 1. The second-order valence-electron chi connectivity index (χ2n) is 4.07. The minimum Gasteiger partial charge on any atom is -0.465 e. The number of ether oxygens (including phenoxy) is 2. The van der Waals surface area contributed by atoms with Crippen molar-refractivity contribution in [2.75, 3.05) is 26.1 Å². The van der Waals surface area contributed by atoms with Crippen molar-refractivity contribution in [1.82, 2.24) is 0 Å². The van der Waals surface area contributed by atoms with Gasteiger partial charge in [-0.25, -0.2) is 4.79 Å². The van der Waals surface area contributed by atoms with E-state index in [1.54, 1.807) is 25.1 Å². The third-order valence-electron chi connectivity index (χ3n) is 2.59. The second kappa shape index (κ2) is 6.86. The average molecular weight is 266 g/mol. The summed E-state index contributed by atoms with van der Waals surface area (Å²) in [6.07, 6.45) is 0. The normalized spacial score (nSPS) is 11.8. The zero-order valence-corrected chi connectivity index (χ0v) is 11.2. The molecule has 0 aromatic heterocycles. The summed E-state index contributed by atoms with van der Waals surface area (Å²) in [5.74, 6) is -0.823. The summed E-state index contributed by atoms with van der Waals surface area (Å²) >= 11 is 0. The molecule has 1 unspecified atom stereocenters. The molecule has 0 aliphatic carbocycles. The van der Waals surface area contributed by atoms with E-state index in [9.17, 15) is 9.59 Å². The molecular weight excluding hydrogens is 248 g/mol. The van der Waals surface area contributed by atoms with Gasteiger partial charge in [-0.1, -0.05) is 6.07 Å². The molecule has 0 bridgehead atoms. The Morgan fingerprint density at radius 1 is 1.37 bits per heavy atom. The van der Waals surface area contributed by atoms with Crippen LogP contribution >= 0.6 is 0 Å². The Morgan fingerprint density at radius 2 is 2.05 bits per heavy atom. The van der Waals surface area contributed by atoms with E-state index in [1.807, 2.05) is 0 Å². The minimum atomic E-state index is -0.757. The van der Waals surface area contributed by atoms with Crippen LogP contribution in [0, 0.1) is 6.92 Å². The van der Waals surface area contributed by atoms with Crippen LogP contribution in [-0.4, -0.2) is 38.7 Å². The van der Waals surface area contributed by atoms with Crippen molar-refractivity contribution in [1.29, 1.82) is 0 Å². The molecule has 0 spiro atoms. The van der Waals surface area contributed by atoms with Crippen LogP contribution in [-0.2, 0) is 14.3 Å². The fourth-order valence-corrected chi connectivity index (χ4v) is 1.52. The van der Waals surface area contributed by atoms with Crippen molar-refractivity contribution in [3.63, 3.8) is 0 Å². The van der Waals surface area contributed by atoms with Crippen molar-refractivity contribution in [3.05, 3.63) is 29.3 Å². The highest BCUT2D eigenvalue weighted by atomic mass is 16.5. The molecule has 104 valence electrons. The van der Waals surface area contributed by atoms with Gasteiger partial charge in [0.15, 0.2) is 0 Å². The van der Waals surface area contributed by atoms with Crippen molar-refractivity contribution in [2.45, 2.75) is 13.0 Å². The topological polar surface area (TPSA) is 90.6 Å². The molecule has 3 N–H and O–H groups in total. The molecule has 0 aliphatic rings. The summed E-state index contributed by atoms with van der Waals surface area (Å²) in [6, 6.07) is 4.22. The number of aryl methyl sites for hydroxylation is 1. The Morgan fingerprint density at radius 3 is 2.63 bits per heavy atom. The molecule has 6 nitrogen and oxygen atoms in total. The number of rotatable bonds is 5. The molecule has 0 aliphatic heterocycles. The summed E-state index contributed by atoms with van der Waals surface area (Å²) in [4.78, 5) is 23.2. The van der Waals surface area contributed by atoms with Crippen LogP contribution in [0.5, 0.6) is 0 Å². The van der Waals surface area contributed by atoms with Gasteiger partial charge in [-0.15, -0.1) is 0 Å². The van der Waals surface area contributed by atoms with E-state index in [0.29, 0.717) is 11.3 Å². The van der Waals surface area contributed by atoms with Gasteiger partial charge in [0, 0.05) is 12.8 Å². The quantitative estimate of drug-likeness (QED) is 0.765. The molecule has 0 heterocycles. The fourth-order valence-electron chi connectivity index (χ4n) is 1.52. The van der Waals surface area contributed by atoms with Gasteiger partial charge in [-0.05, 0) is 24.6 Å². The first-order valence-corrected chi connectivity index (χ1v) is 5.74. The number of nitrogens with one attached hydrogen (secondary N) is 1. The smallest absolute Gasteiger partial charge is 0.338 e. The third-order valence-corrected chi connectivity index (χ3v) is 2.59. The number of methoxy groups -OCH3 is 2. The predicted octanol–water partition coefficient (Wildman–Crippen LogP) is 0.694. The fraction of sp³-hybridized carbons (Fsp3) is 0.385. The molecule has 1 aromatic rings. The maximum Gasteiger partial charge on any atom is 0.338 e. The highest BCUT2D eigenvalue weighted by Crippen LogP contribution is 2.16. The molecule has 1 atom stereocenters. The summed E-state index contributed by atoms with van der Waals surface area (Å²) in [5, 5.41) is 2.62. The Balaban J connectivity index is 2.85. The molecular formula is C13H18N2O4. The lowest BCUT2D eigenvalue weighted by molar-refractivity contribution is -0.118. The number of anilines is 1. The van der Waals surface area contributed by atoms with Gasteiger partial charge in [-0.2, -0.15) is 0 Å². The van der Waals surface area contributed by atoms with Gasteiger partial charge in [0.25, 0.3) is 0 Å². The first-order chi connectivity index (χ1) is 8.99. The molecule has 0 saturated heterocycles. The molecule has 0 saturated carbocycles. The molecule has 19 heavy (non-hydrogen) atoms. The van der Waals surface area contributed by atoms with Crippen LogP contribution < -0.4 is 11.1 Å². The molecule has 1 rings (SSSR count). The number of amides is 1. The number of esters is 1. The van der Waals surface area contributed by atoms with E-state index in [-0.39, 0.29) is 12.5 Å². The number of hydrogen-bond acceptors (Lipinski definition) is 5. The van der Waals surface area contributed by atoms with E-state index >= 15 is 0 Å². The molecule has 1 aromatic carbocycles. The average Bonchev–Trinajstić information content (AvgIpc) is 2.40. The van der Waals surface area contributed by atoms with Gasteiger partial charge in [0.2, 0.25) is 5.91 Å². The number of hydrogen-bond donors (Lipinski definition) is 2. The lowest BCUT2D eigenvalue weighted by Crippen LogP contribution is -2.39. The van der Waals surface area contributed by atoms with Gasteiger partial charge in [0.05, 0.1) is 19.3 Å². The lowest BCUT2D eigenvalue weighted by atomic mass is 10.1. The van der Waals surface area contributed by atoms with E-state index in [2.05, 4.69) is 10.1 Å². The second-order valence-corrected chi connectivity index (χ2v) is 4.07. The maximum atomic E-state index is 11.7. The number of nitrogens with two attached hydrogens (primary N) is 1. The number of carbonyl (C=O) groups is 2. The Kier molecular flexibility index (Phi) is 5.47. The van der Waals surface area contributed by atoms with Crippen LogP contribution in [0.2, 0.25) is 0 Å². The number of carbonyl (C=O) groups excluding carboxylic acids is 2. The van der Waals surface area contributed by atoms with Gasteiger partial charge in [-0.3, -0.25) is 4.79 Å². The van der Waals surface area contributed by atoms with Crippen molar-refractivity contribution in [2.24, 2.45) is 5.73 Å². The van der Waals surface area contributed by atoms with Crippen molar-refractivity contribution < 1.29 is 19.1 Å². The van der Waals surface area contributed by atoms with E-state index in [1.165, 1.54) is 14.2 Å². The van der Waals surface area contributed by atoms with E-state index in [4.69, 9.17) is 10.5 Å². The first-order valence-electron chi connectivity index (χ1n) is 5.74. The predicted molar refractivity (Wildman–Crippen MR) is 71.0 cm³/mol. The Bertz CT molecular complexity index is 474. The van der Waals surface area contributed by atoms with E-state index < -0.39 is 12.0 Å². The van der Waals surface area contributed by atoms with Crippen LogP contribution in [0.1, 0.15) is 15.9 Å². The van der Waals surface area contributed by atoms with Crippen molar-refractivity contribution in [3.8, 4) is 0 Å². The largest absolute Gasteiger partial charge is 0.465 e. The highest BCUT2D eigenvalue weighted by Gasteiger charge is 2.15. The summed E-state index contributed by atoms with van der Waals surface area (Å²) in [5.41, 5.74) is 7.26. The molecule has 0 fully saturated rings.